The minimum atomic E-state index is -4.69. The zero-order valence-electron chi connectivity index (χ0n) is 11.8. The summed E-state index contributed by atoms with van der Waals surface area (Å²) in [7, 11) is 0. The van der Waals surface area contributed by atoms with Gasteiger partial charge < -0.3 is 9.47 Å². The minimum absolute atomic E-state index is 0.0861. The third kappa shape index (κ3) is 4.25. The van der Waals surface area contributed by atoms with E-state index in [0.29, 0.717) is 12.2 Å². The Morgan fingerprint density at radius 3 is 1.91 bits per heavy atom. The molecule has 0 bridgehead atoms. The lowest BCUT2D eigenvalue weighted by Crippen LogP contribution is -2.16. The van der Waals surface area contributed by atoms with Gasteiger partial charge in [0.1, 0.15) is 5.75 Å². The Bertz CT molecular complexity index is 634. The average Bonchev–Trinajstić information content (AvgIpc) is 2.47. The van der Waals surface area contributed by atoms with Gasteiger partial charge in [0.15, 0.2) is 0 Å². The van der Waals surface area contributed by atoms with E-state index >= 15 is 0 Å². The van der Waals surface area contributed by atoms with Crippen LogP contribution in [-0.4, -0.2) is 18.9 Å². The molecule has 2 rings (SSSR count). The van der Waals surface area contributed by atoms with Crippen molar-refractivity contribution in [2.24, 2.45) is 0 Å². The van der Waals surface area contributed by atoms with Gasteiger partial charge in [0.25, 0.3) is 0 Å². The quantitative estimate of drug-likeness (QED) is 0.662. The lowest BCUT2D eigenvalue weighted by Gasteiger charge is -2.10. The Hall–Kier alpha value is -2.50. The number of halogens is 3. The first-order valence-electron chi connectivity index (χ1n) is 6.57. The first-order chi connectivity index (χ1) is 10.4. The Morgan fingerprint density at radius 1 is 0.955 bits per heavy atom. The molecule has 0 radical (unpaired) electrons. The molecule has 0 fully saturated rings. The zero-order valence-corrected chi connectivity index (χ0v) is 11.8. The van der Waals surface area contributed by atoms with Gasteiger partial charge in [-0.3, -0.25) is 5.41 Å². The highest BCUT2D eigenvalue weighted by Crippen LogP contribution is 2.26. The molecule has 0 aliphatic rings. The molecule has 0 aromatic heterocycles. The smallest absolute Gasteiger partial charge is 0.478 e. The number of rotatable bonds is 4. The topological polar surface area (TPSA) is 42.3 Å². The largest absolute Gasteiger partial charge is 0.573 e. The fourth-order valence-corrected chi connectivity index (χ4v) is 1.89. The summed E-state index contributed by atoms with van der Waals surface area (Å²) in [6.07, 6.45) is -4.69. The minimum Gasteiger partial charge on any atom is -0.478 e. The van der Waals surface area contributed by atoms with Crippen molar-refractivity contribution in [2.45, 2.75) is 13.3 Å². The third-order valence-corrected chi connectivity index (χ3v) is 2.86. The molecule has 3 nitrogen and oxygen atoms in total. The van der Waals surface area contributed by atoms with Gasteiger partial charge in [0.05, 0.1) is 6.61 Å². The Morgan fingerprint density at radius 2 is 1.45 bits per heavy atom. The Balaban J connectivity index is 2.13. The molecule has 6 heteroatoms. The van der Waals surface area contributed by atoms with E-state index in [1.807, 2.05) is 0 Å². The summed E-state index contributed by atoms with van der Waals surface area (Å²) < 4.78 is 45.2. The predicted molar refractivity (Wildman–Crippen MR) is 77.0 cm³/mol. The third-order valence-electron chi connectivity index (χ3n) is 2.86. The van der Waals surface area contributed by atoms with Gasteiger partial charge in [-0.2, -0.15) is 0 Å². The van der Waals surface area contributed by atoms with Gasteiger partial charge in [-0.1, -0.05) is 24.3 Å². The first kappa shape index (κ1) is 15.9. The summed E-state index contributed by atoms with van der Waals surface area (Å²) in [5.41, 5.74) is 2.22. The molecule has 0 atom stereocenters. The normalized spacial score (nSPS) is 11.1. The van der Waals surface area contributed by atoms with E-state index in [0.717, 1.165) is 11.1 Å². The van der Waals surface area contributed by atoms with Crippen LogP contribution in [0.3, 0.4) is 0 Å². The summed E-state index contributed by atoms with van der Waals surface area (Å²) in [4.78, 5) is 0. The number of alkyl halides is 3. The number of hydrogen-bond acceptors (Lipinski definition) is 3. The second-order valence-corrected chi connectivity index (χ2v) is 4.41. The van der Waals surface area contributed by atoms with E-state index in [4.69, 9.17) is 10.1 Å². The molecule has 0 aliphatic carbocycles. The fraction of sp³-hybridized carbons (Fsp3) is 0.188. The Labute approximate surface area is 125 Å². The monoisotopic (exact) mass is 309 g/mol. The summed E-state index contributed by atoms with van der Waals surface area (Å²) in [5.74, 6) is -0.172. The van der Waals surface area contributed by atoms with Crippen LogP contribution in [0.15, 0.2) is 48.5 Å². The molecule has 2 aromatic carbocycles. The van der Waals surface area contributed by atoms with Crippen molar-refractivity contribution >= 4 is 5.90 Å². The lowest BCUT2D eigenvalue weighted by atomic mass is 10.0. The van der Waals surface area contributed by atoms with Gasteiger partial charge >= 0.3 is 6.36 Å². The van der Waals surface area contributed by atoms with E-state index in [-0.39, 0.29) is 11.6 Å². The van der Waals surface area contributed by atoms with Crippen molar-refractivity contribution in [1.29, 1.82) is 5.41 Å². The lowest BCUT2D eigenvalue weighted by molar-refractivity contribution is -0.274. The number of nitrogens with one attached hydrogen (secondary N) is 1. The van der Waals surface area contributed by atoms with E-state index in [1.54, 1.807) is 43.3 Å². The van der Waals surface area contributed by atoms with Crippen molar-refractivity contribution < 1.29 is 22.6 Å². The predicted octanol–water partition coefficient (Wildman–Crippen LogP) is 4.61. The van der Waals surface area contributed by atoms with Gasteiger partial charge in [-0.15, -0.1) is 13.2 Å². The molecule has 2 aromatic rings. The van der Waals surface area contributed by atoms with Crippen LogP contribution < -0.4 is 4.74 Å². The molecule has 1 N–H and O–H groups in total. The van der Waals surface area contributed by atoms with E-state index < -0.39 is 6.36 Å². The maximum Gasteiger partial charge on any atom is 0.573 e. The molecule has 0 heterocycles. The maximum atomic E-state index is 12.1. The average molecular weight is 309 g/mol. The van der Waals surface area contributed by atoms with Gasteiger partial charge in [0, 0.05) is 5.56 Å². The van der Waals surface area contributed by atoms with Crippen LogP contribution in [0.4, 0.5) is 13.2 Å². The highest BCUT2D eigenvalue weighted by molar-refractivity contribution is 5.92. The first-order valence-corrected chi connectivity index (χ1v) is 6.57. The number of ether oxygens (including phenoxy) is 2. The van der Waals surface area contributed by atoms with Crippen LogP contribution in [-0.2, 0) is 4.74 Å². The summed E-state index contributed by atoms with van der Waals surface area (Å²) in [6, 6.07) is 12.6. The zero-order chi connectivity index (χ0) is 16.2. The van der Waals surface area contributed by atoms with E-state index in [2.05, 4.69) is 4.74 Å². The van der Waals surface area contributed by atoms with E-state index in [1.165, 1.54) is 12.1 Å². The molecular weight excluding hydrogens is 295 g/mol. The van der Waals surface area contributed by atoms with Crippen molar-refractivity contribution in [3.63, 3.8) is 0 Å². The number of benzene rings is 2. The van der Waals surface area contributed by atoms with Crippen molar-refractivity contribution in [1.82, 2.24) is 0 Å². The van der Waals surface area contributed by atoms with E-state index in [9.17, 15) is 13.2 Å². The van der Waals surface area contributed by atoms with Gasteiger partial charge in [-0.25, -0.2) is 0 Å². The summed E-state index contributed by atoms with van der Waals surface area (Å²) in [6.45, 7) is 2.22. The number of hydrogen-bond donors (Lipinski definition) is 1. The van der Waals surface area contributed by atoms with Crippen LogP contribution in [0.2, 0.25) is 0 Å². The van der Waals surface area contributed by atoms with Gasteiger partial charge in [0.2, 0.25) is 5.90 Å². The van der Waals surface area contributed by atoms with Crippen LogP contribution in [0.25, 0.3) is 11.1 Å². The standard InChI is InChI=1S/C16H14F3NO2/c1-2-21-15(20)13-5-3-11(4-6-13)12-7-9-14(10-8-12)22-16(17,18)19/h3-10,20H,2H2,1H3. The van der Waals surface area contributed by atoms with Crippen LogP contribution >= 0.6 is 0 Å². The van der Waals surface area contributed by atoms with Crippen LogP contribution in [0, 0.1) is 5.41 Å². The van der Waals surface area contributed by atoms with Crippen LogP contribution in [0.5, 0.6) is 5.75 Å². The van der Waals surface area contributed by atoms with Crippen molar-refractivity contribution in [3.8, 4) is 16.9 Å². The fourth-order valence-electron chi connectivity index (χ4n) is 1.89. The second kappa shape index (κ2) is 6.51. The molecular formula is C16H14F3NO2. The molecule has 116 valence electrons. The van der Waals surface area contributed by atoms with Gasteiger partial charge in [-0.05, 0) is 42.3 Å². The van der Waals surface area contributed by atoms with Crippen LogP contribution in [0.1, 0.15) is 12.5 Å². The molecule has 0 aliphatic heterocycles. The SMILES string of the molecule is CCOC(=N)c1ccc(-c2ccc(OC(F)(F)F)cc2)cc1. The van der Waals surface area contributed by atoms with Crippen molar-refractivity contribution in [2.75, 3.05) is 6.61 Å². The molecule has 0 amide bonds. The second-order valence-electron chi connectivity index (χ2n) is 4.41. The highest BCUT2D eigenvalue weighted by Gasteiger charge is 2.30. The molecule has 22 heavy (non-hydrogen) atoms. The molecule has 0 saturated heterocycles. The maximum absolute atomic E-state index is 12.1. The summed E-state index contributed by atoms with van der Waals surface area (Å²) in [5, 5.41) is 7.67. The highest BCUT2D eigenvalue weighted by atomic mass is 19.4. The van der Waals surface area contributed by atoms with Crippen molar-refractivity contribution in [3.05, 3.63) is 54.1 Å². The Kier molecular flexibility index (Phi) is 4.70. The molecule has 0 spiro atoms. The molecule has 0 saturated carbocycles. The molecule has 0 unspecified atom stereocenters. The summed E-state index contributed by atoms with van der Waals surface area (Å²) >= 11 is 0.